The number of guanidine groups is 1. The molecule has 0 fully saturated rings. The van der Waals surface area contributed by atoms with Crippen molar-refractivity contribution in [2.75, 3.05) is 33.4 Å². The first-order valence-corrected chi connectivity index (χ1v) is 8.64. The van der Waals surface area contributed by atoms with Gasteiger partial charge in [0.15, 0.2) is 5.96 Å². The van der Waals surface area contributed by atoms with Crippen LogP contribution in [0.2, 0.25) is 5.02 Å². The van der Waals surface area contributed by atoms with Crippen LogP contribution in [0.3, 0.4) is 0 Å². The van der Waals surface area contributed by atoms with Gasteiger partial charge >= 0.3 is 0 Å². The number of hydrogen-bond acceptors (Lipinski definition) is 4. The zero-order chi connectivity index (χ0) is 18.8. The average Bonchev–Trinajstić information content (AvgIpc) is 3.15. The number of nitrogens with one attached hydrogen (secondary N) is 2. The molecule has 6 nitrogen and oxygen atoms in total. The SMILES string of the molecule is COCCNC(=NCC(O)c1ccc(Cl)c(F)c1)NCCc1ccco1. The third-order valence-corrected chi connectivity index (χ3v) is 3.90. The van der Waals surface area contributed by atoms with E-state index in [2.05, 4.69) is 15.6 Å². The normalized spacial score (nSPS) is 12.8. The number of benzene rings is 1. The van der Waals surface area contributed by atoms with E-state index in [1.807, 2.05) is 12.1 Å². The first-order chi connectivity index (χ1) is 12.6. The Bertz CT molecular complexity index is 695. The Morgan fingerprint density at radius 3 is 2.85 bits per heavy atom. The summed E-state index contributed by atoms with van der Waals surface area (Å²) in [5, 5.41) is 16.5. The Kier molecular flexibility index (Phi) is 8.40. The van der Waals surface area contributed by atoms with Gasteiger partial charge in [0.05, 0.1) is 30.5 Å². The van der Waals surface area contributed by atoms with Gasteiger partial charge in [-0.05, 0) is 29.8 Å². The highest BCUT2D eigenvalue weighted by Gasteiger charge is 2.10. The molecule has 1 aromatic carbocycles. The first-order valence-electron chi connectivity index (χ1n) is 8.26. The highest BCUT2D eigenvalue weighted by atomic mass is 35.5. The van der Waals surface area contributed by atoms with Crippen molar-refractivity contribution in [3.63, 3.8) is 0 Å². The third kappa shape index (κ3) is 6.67. The predicted octanol–water partition coefficient (Wildman–Crippen LogP) is 2.53. The number of aliphatic hydroxyl groups excluding tert-OH is 1. The lowest BCUT2D eigenvalue weighted by molar-refractivity contribution is 0.186. The minimum Gasteiger partial charge on any atom is -0.469 e. The topological polar surface area (TPSA) is 79.0 Å². The van der Waals surface area contributed by atoms with Crippen molar-refractivity contribution in [3.8, 4) is 0 Å². The fourth-order valence-electron chi connectivity index (χ4n) is 2.21. The Labute approximate surface area is 157 Å². The lowest BCUT2D eigenvalue weighted by atomic mass is 10.1. The number of furan rings is 1. The van der Waals surface area contributed by atoms with Gasteiger partial charge in [0.25, 0.3) is 0 Å². The second kappa shape index (κ2) is 10.8. The molecule has 0 spiro atoms. The second-order valence-corrected chi connectivity index (χ2v) is 5.96. The summed E-state index contributed by atoms with van der Waals surface area (Å²) in [6.45, 7) is 1.76. The zero-order valence-electron chi connectivity index (χ0n) is 14.5. The lowest BCUT2D eigenvalue weighted by Crippen LogP contribution is -2.40. The maximum Gasteiger partial charge on any atom is 0.191 e. The van der Waals surface area contributed by atoms with Crippen molar-refractivity contribution < 1.29 is 18.7 Å². The fourth-order valence-corrected chi connectivity index (χ4v) is 2.33. The Morgan fingerprint density at radius 1 is 1.35 bits per heavy atom. The van der Waals surface area contributed by atoms with Gasteiger partial charge in [-0.25, -0.2) is 4.39 Å². The van der Waals surface area contributed by atoms with Crippen molar-refractivity contribution >= 4 is 17.6 Å². The largest absolute Gasteiger partial charge is 0.469 e. The molecule has 0 aliphatic carbocycles. The molecule has 0 amide bonds. The number of halogens is 2. The molecule has 142 valence electrons. The van der Waals surface area contributed by atoms with Gasteiger partial charge in [-0.1, -0.05) is 17.7 Å². The number of ether oxygens (including phenoxy) is 1. The van der Waals surface area contributed by atoms with Crippen molar-refractivity contribution in [1.82, 2.24) is 10.6 Å². The molecule has 1 unspecified atom stereocenters. The van der Waals surface area contributed by atoms with Crippen LogP contribution in [-0.2, 0) is 11.2 Å². The van der Waals surface area contributed by atoms with Crippen LogP contribution in [0.4, 0.5) is 4.39 Å². The number of nitrogens with zero attached hydrogens (tertiary/aromatic N) is 1. The highest BCUT2D eigenvalue weighted by molar-refractivity contribution is 6.30. The minimum atomic E-state index is -0.937. The number of hydrogen-bond donors (Lipinski definition) is 3. The molecule has 2 aromatic rings. The van der Waals surface area contributed by atoms with Crippen LogP contribution >= 0.6 is 11.6 Å². The van der Waals surface area contributed by atoms with Crippen LogP contribution in [0.5, 0.6) is 0 Å². The van der Waals surface area contributed by atoms with E-state index in [0.717, 1.165) is 5.76 Å². The summed E-state index contributed by atoms with van der Waals surface area (Å²) < 4.78 is 23.8. The smallest absolute Gasteiger partial charge is 0.191 e. The molecule has 26 heavy (non-hydrogen) atoms. The molecule has 8 heteroatoms. The van der Waals surface area contributed by atoms with Gasteiger partial charge in [0, 0.05) is 26.6 Å². The van der Waals surface area contributed by atoms with E-state index < -0.39 is 11.9 Å². The van der Waals surface area contributed by atoms with Gasteiger partial charge < -0.3 is 24.9 Å². The minimum absolute atomic E-state index is 0.0194. The highest BCUT2D eigenvalue weighted by Crippen LogP contribution is 2.20. The quantitative estimate of drug-likeness (QED) is 0.352. The maximum absolute atomic E-state index is 13.5. The van der Waals surface area contributed by atoms with Crippen molar-refractivity contribution in [1.29, 1.82) is 0 Å². The number of aliphatic hydroxyl groups is 1. The van der Waals surface area contributed by atoms with Crippen molar-refractivity contribution in [2.45, 2.75) is 12.5 Å². The van der Waals surface area contributed by atoms with Crippen LogP contribution in [-0.4, -0.2) is 44.4 Å². The van der Waals surface area contributed by atoms with E-state index in [4.69, 9.17) is 20.8 Å². The van der Waals surface area contributed by atoms with Gasteiger partial charge in [-0.15, -0.1) is 0 Å². The van der Waals surface area contributed by atoms with E-state index >= 15 is 0 Å². The van der Waals surface area contributed by atoms with Crippen LogP contribution < -0.4 is 10.6 Å². The number of methoxy groups -OCH3 is 1. The van der Waals surface area contributed by atoms with Crippen LogP contribution in [0, 0.1) is 5.82 Å². The van der Waals surface area contributed by atoms with Crippen LogP contribution in [0.25, 0.3) is 0 Å². The summed E-state index contributed by atoms with van der Waals surface area (Å²) >= 11 is 5.66. The standard InChI is InChI=1S/C18H23ClFN3O3/c1-25-10-8-22-18(21-7-6-14-3-2-9-26-14)23-12-17(24)13-4-5-15(19)16(20)11-13/h2-5,9,11,17,24H,6-8,10,12H2,1H3,(H2,21,22,23). The lowest BCUT2D eigenvalue weighted by Gasteiger charge is -2.14. The molecule has 3 N–H and O–H groups in total. The molecule has 0 bridgehead atoms. The molecule has 1 atom stereocenters. The Balaban J connectivity index is 1.92. The molecule has 0 radical (unpaired) electrons. The van der Waals surface area contributed by atoms with Crippen LogP contribution in [0.1, 0.15) is 17.4 Å². The molecule has 0 aliphatic rings. The molecular formula is C18H23ClFN3O3. The molecule has 2 rings (SSSR count). The monoisotopic (exact) mass is 383 g/mol. The summed E-state index contributed by atoms with van der Waals surface area (Å²) in [5.41, 5.74) is 0.419. The van der Waals surface area contributed by atoms with Crippen LogP contribution in [0.15, 0.2) is 46.0 Å². The summed E-state index contributed by atoms with van der Waals surface area (Å²) in [6, 6.07) is 7.94. The molecule has 0 saturated heterocycles. The predicted molar refractivity (Wildman–Crippen MR) is 99.0 cm³/mol. The molecule has 0 saturated carbocycles. The average molecular weight is 384 g/mol. The van der Waals surface area contributed by atoms with Crippen molar-refractivity contribution in [2.24, 2.45) is 4.99 Å². The molecule has 0 aliphatic heterocycles. The molecule has 1 aromatic heterocycles. The van der Waals surface area contributed by atoms with Gasteiger partial charge in [-0.2, -0.15) is 0 Å². The Morgan fingerprint density at radius 2 is 2.15 bits per heavy atom. The zero-order valence-corrected chi connectivity index (χ0v) is 15.3. The van der Waals surface area contributed by atoms with E-state index in [0.29, 0.717) is 37.6 Å². The second-order valence-electron chi connectivity index (χ2n) is 5.55. The summed E-state index contributed by atoms with van der Waals surface area (Å²) in [4.78, 5) is 4.35. The number of aliphatic imine (C=N–C) groups is 1. The van der Waals surface area contributed by atoms with E-state index in [-0.39, 0.29) is 11.6 Å². The maximum atomic E-state index is 13.5. The van der Waals surface area contributed by atoms with Gasteiger partial charge in [0.2, 0.25) is 0 Å². The van der Waals surface area contributed by atoms with Gasteiger partial charge in [0.1, 0.15) is 11.6 Å². The number of rotatable bonds is 9. The van der Waals surface area contributed by atoms with Gasteiger partial charge in [-0.3, -0.25) is 4.99 Å². The Hall–Kier alpha value is -2.09. The summed E-state index contributed by atoms with van der Waals surface area (Å²) in [7, 11) is 1.61. The molecular weight excluding hydrogens is 361 g/mol. The van der Waals surface area contributed by atoms with E-state index in [1.165, 1.54) is 12.1 Å². The third-order valence-electron chi connectivity index (χ3n) is 3.59. The fraction of sp³-hybridized carbons (Fsp3) is 0.389. The first kappa shape index (κ1) is 20.2. The summed E-state index contributed by atoms with van der Waals surface area (Å²) in [6.07, 6.45) is 1.39. The van der Waals surface area contributed by atoms with E-state index in [9.17, 15) is 9.50 Å². The van der Waals surface area contributed by atoms with Crippen molar-refractivity contribution in [3.05, 3.63) is 58.8 Å². The summed E-state index contributed by atoms with van der Waals surface area (Å²) in [5.74, 6) is 0.828. The van der Waals surface area contributed by atoms with E-state index in [1.54, 1.807) is 19.4 Å². The molecule has 1 heterocycles.